The van der Waals surface area contributed by atoms with Gasteiger partial charge in [-0.1, -0.05) is 60.7 Å². The van der Waals surface area contributed by atoms with E-state index in [0.717, 1.165) is 67.8 Å². The minimum atomic E-state index is 0.728. The van der Waals surface area contributed by atoms with Crippen molar-refractivity contribution in [1.82, 2.24) is 10.3 Å². The molecule has 9 rings (SSSR count). The fourth-order valence-electron chi connectivity index (χ4n) is 6.26. The molecule has 0 spiro atoms. The van der Waals surface area contributed by atoms with Crippen LogP contribution in [0, 0.1) is 0 Å². The van der Waals surface area contributed by atoms with E-state index in [1.165, 1.54) is 21.5 Å². The first-order valence-electron chi connectivity index (χ1n) is 13.7. The fraction of sp³-hybridized carbons (Fsp3) is 0.0278. The smallest absolute Gasteiger partial charge is 0.162 e. The lowest BCUT2D eigenvalue weighted by atomic mass is 10.0. The molecule has 5 nitrogen and oxygen atoms in total. The molecule has 0 saturated heterocycles. The van der Waals surface area contributed by atoms with Gasteiger partial charge in [0, 0.05) is 52.0 Å². The maximum Gasteiger partial charge on any atom is 0.162 e. The van der Waals surface area contributed by atoms with Crippen LogP contribution in [0.2, 0.25) is 0 Å². The van der Waals surface area contributed by atoms with Crippen LogP contribution in [0.5, 0.6) is 0 Å². The average molecular weight is 530 g/mol. The minimum absolute atomic E-state index is 0.728. The number of benzene rings is 5. The summed E-state index contributed by atoms with van der Waals surface area (Å²) >= 11 is 0. The maximum absolute atomic E-state index is 6.50. The summed E-state index contributed by atoms with van der Waals surface area (Å²) in [5, 5.41) is 11.3. The van der Waals surface area contributed by atoms with Gasteiger partial charge in [0.15, 0.2) is 5.58 Å². The third kappa shape index (κ3) is 3.33. The monoisotopic (exact) mass is 529 g/mol. The molecule has 0 atom stereocenters. The van der Waals surface area contributed by atoms with Gasteiger partial charge in [-0.3, -0.25) is 4.98 Å². The van der Waals surface area contributed by atoms with Gasteiger partial charge in [-0.2, -0.15) is 0 Å². The minimum Gasteiger partial charge on any atom is -0.456 e. The van der Waals surface area contributed by atoms with E-state index >= 15 is 0 Å². The standard InChI is InChI=1S/C36H23N3O2/c1-2-6-26-22(5-1)9-10-23-17-24(11-13-27(23)26)39(25-12-14-34-29(18-25)30-19-37-16-15-35(30)40-34)32-21-38-20-31-28-7-3-4-8-33(28)41-36(31)32/h1-18,20-21,37H,19H2. The van der Waals surface area contributed by atoms with Crippen molar-refractivity contribution >= 4 is 77.6 Å². The maximum atomic E-state index is 6.50. The number of furan rings is 2. The van der Waals surface area contributed by atoms with Crippen LogP contribution in [-0.4, -0.2) is 4.98 Å². The first-order valence-corrected chi connectivity index (χ1v) is 13.7. The average Bonchev–Trinajstić information content (AvgIpc) is 3.60. The molecule has 0 bridgehead atoms. The molecule has 0 amide bonds. The summed E-state index contributed by atoms with van der Waals surface area (Å²) in [6, 6.07) is 34.1. The van der Waals surface area contributed by atoms with Crippen molar-refractivity contribution in [2.75, 3.05) is 4.90 Å². The number of fused-ring (bicyclic) bond motifs is 9. The highest BCUT2D eigenvalue weighted by Crippen LogP contribution is 2.44. The molecule has 0 aliphatic carbocycles. The number of pyridine rings is 1. The van der Waals surface area contributed by atoms with Gasteiger partial charge in [-0.25, -0.2) is 0 Å². The predicted octanol–water partition coefficient (Wildman–Crippen LogP) is 9.58. The molecule has 194 valence electrons. The largest absolute Gasteiger partial charge is 0.456 e. The Morgan fingerprint density at radius 1 is 0.634 bits per heavy atom. The molecule has 0 saturated carbocycles. The Hall–Kier alpha value is -5.55. The number of anilines is 3. The molecule has 0 fully saturated rings. The fourth-order valence-corrected chi connectivity index (χ4v) is 6.26. The molecule has 0 unspecified atom stereocenters. The SMILES string of the molecule is C1=Cc2oc3ccc(N(c4ccc5c(ccc6ccccc65)c4)c4cncc5c4oc4ccccc45)cc3c2CN1. The second-order valence-electron chi connectivity index (χ2n) is 10.5. The molecule has 0 radical (unpaired) electrons. The Balaban J connectivity index is 1.32. The molecule has 1 N–H and O–H groups in total. The number of nitrogens with one attached hydrogen (secondary N) is 1. The number of rotatable bonds is 3. The first-order chi connectivity index (χ1) is 20.3. The number of para-hydroxylation sites is 1. The van der Waals surface area contributed by atoms with Gasteiger partial charge in [-0.15, -0.1) is 0 Å². The number of nitrogens with zero attached hydrogens (tertiary/aromatic N) is 2. The van der Waals surface area contributed by atoms with Crippen LogP contribution in [0.3, 0.4) is 0 Å². The summed E-state index contributed by atoms with van der Waals surface area (Å²) in [6.45, 7) is 0.728. The van der Waals surface area contributed by atoms with E-state index in [9.17, 15) is 0 Å². The highest BCUT2D eigenvalue weighted by molar-refractivity contribution is 6.11. The van der Waals surface area contributed by atoms with Crippen molar-refractivity contribution in [3.05, 3.63) is 127 Å². The summed E-state index contributed by atoms with van der Waals surface area (Å²) in [5.41, 5.74) is 6.60. The number of hydrogen-bond acceptors (Lipinski definition) is 5. The summed E-state index contributed by atoms with van der Waals surface area (Å²) in [6.07, 6.45) is 7.71. The highest BCUT2D eigenvalue weighted by atomic mass is 16.3. The van der Waals surface area contributed by atoms with Gasteiger partial charge in [0.05, 0.1) is 6.20 Å². The van der Waals surface area contributed by atoms with Crippen LogP contribution < -0.4 is 10.2 Å². The molecule has 1 aliphatic heterocycles. The predicted molar refractivity (Wildman–Crippen MR) is 167 cm³/mol. The molecule has 5 heteroatoms. The van der Waals surface area contributed by atoms with Gasteiger partial charge in [0.25, 0.3) is 0 Å². The lowest BCUT2D eigenvalue weighted by Gasteiger charge is -2.25. The third-order valence-electron chi connectivity index (χ3n) is 8.19. The lowest BCUT2D eigenvalue weighted by Crippen LogP contribution is -2.11. The van der Waals surface area contributed by atoms with Crippen LogP contribution in [0.1, 0.15) is 11.3 Å². The van der Waals surface area contributed by atoms with Gasteiger partial charge < -0.3 is 19.1 Å². The Labute approximate surface area is 234 Å². The van der Waals surface area contributed by atoms with Gasteiger partial charge >= 0.3 is 0 Å². The lowest BCUT2D eigenvalue weighted by molar-refractivity contribution is 0.592. The molecule has 1 aliphatic rings. The summed E-state index contributed by atoms with van der Waals surface area (Å²) in [4.78, 5) is 6.94. The Morgan fingerprint density at radius 2 is 1.41 bits per heavy atom. The van der Waals surface area contributed by atoms with E-state index in [1.807, 2.05) is 42.9 Å². The van der Waals surface area contributed by atoms with Crippen molar-refractivity contribution in [3.8, 4) is 0 Å². The number of hydrogen-bond donors (Lipinski definition) is 1. The van der Waals surface area contributed by atoms with Crippen LogP contribution in [0.25, 0.3) is 60.5 Å². The molecule has 4 heterocycles. The Bertz CT molecular complexity index is 2340. The Kier molecular flexibility index (Phi) is 4.61. The van der Waals surface area contributed by atoms with E-state index in [2.05, 4.69) is 89.1 Å². The van der Waals surface area contributed by atoms with Crippen molar-refractivity contribution in [2.24, 2.45) is 0 Å². The van der Waals surface area contributed by atoms with Crippen molar-refractivity contribution in [1.29, 1.82) is 0 Å². The van der Waals surface area contributed by atoms with Crippen molar-refractivity contribution < 1.29 is 8.83 Å². The second-order valence-corrected chi connectivity index (χ2v) is 10.5. The van der Waals surface area contributed by atoms with E-state index < -0.39 is 0 Å². The zero-order valence-electron chi connectivity index (χ0n) is 22.0. The topological polar surface area (TPSA) is 54.4 Å². The molecule has 5 aromatic carbocycles. The van der Waals surface area contributed by atoms with E-state index in [-0.39, 0.29) is 0 Å². The summed E-state index contributed by atoms with van der Waals surface area (Å²) in [7, 11) is 0. The molecule has 3 aromatic heterocycles. The van der Waals surface area contributed by atoms with E-state index in [1.54, 1.807) is 0 Å². The van der Waals surface area contributed by atoms with Crippen LogP contribution in [0.4, 0.5) is 17.1 Å². The quantitative estimate of drug-likeness (QED) is 0.231. The zero-order chi connectivity index (χ0) is 26.9. The summed E-state index contributed by atoms with van der Waals surface area (Å²) in [5.74, 6) is 0.904. The Morgan fingerprint density at radius 3 is 2.39 bits per heavy atom. The highest BCUT2D eigenvalue weighted by Gasteiger charge is 2.22. The van der Waals surface area contributed by atoms with Crippen molar-refractivity contribution in [2.45, 2.75) is 6.54 Å². The molecule has 41 heavy (non-hydrogen) atoms. The van der Waals surface area contributed by atoms with Crippen LogP contribution >= 0.6 is 0 Å². The molecular weight excluding hydrogens is 506 g/mol. The second kappa shape index (κ2) is 8.47. The third-order valence-corrected chi connectivity index (χ3v) is 8.19. The van der Waals surface area contributed by atoms with Gasteiger partial charge in [0.1, 0.15) is 22.6 Å². The van der Waals surface area contributed by atoms with E-state index in [0.29, 0.717) is 0 Å². The van der Waals surface area contributed by atoms with Crippen molar-refractivity contribution in [3.63, 3.8) is 0 Å². The van der Waals surface area contributed by atoms with Gasteiger partial charge in [-0.05, 0) is 64.0 Å². The molecular formula is C36H23N3O2. The van der Waals surface area contributed by atoms with E-state index in [4.69, 9.17) is 13.8 Å². The normalized spacial score (nSPS) is 12.9. The van der Waals surface area contributed by atoms with Crippen LogP contribution in [0.15, 0.2) is 124 Å². The number of aromatic nitrogens is 1. The summed E-state index contributed by atoms with van der Waals surface area (Å²) < 4.78 is 12.7. The van der Waals surface area contributed by atoms with Crippen LogP contribution in [-0.2, 0) is 6.54 Å². The zero-order valence-corrected chi connectivity index (χ0v) is 22.0. The van der Waals surface area contributed by atoms with Gasteiger partial charge in [0.2, 0.25) is 0 Å². The molecule has 8 aromatic rings. The first kappa shape index (κ1) is 22.3.